The van der Waals surface area contributed by atoms with Gasteiger partial charge in [0.25, 0.3) is 0 Å². The summed E-state index contributed by atoms with van der Waals surface area (Å²) in [7, 11) is 0. The number of hydrogen-bond donors (Lipinski definition) is 1. The normalized spacial score (nSPS) is 21.8. The number of hydrogen-bond acceptors (Lipinski definition) is 14. The summed E-state index contributed by atoms with van der Waals surface area (Å²) in [6.07, 6.45) is 16.8. The molecule has 4 aromatic heterocycles. The van der Waals surface area contributed by atoms with Crippen LogP contribution in [0.4, 0.5) is 21.9 Å². The SMILES string of the molecule is CC(C)(C)OC(=O)N1CCc2c(Br)cncc2C1.C[C@@H]1CN(c2ccc(C#N)c3ncccc23)C[C@H]2CN(c3cncc4c3CCCC4)CCN21.C[C@@H]1CN(c2ccc(C#N)c3ncccc23)C[C@H]2CNCCN21. The number of ether oxygens (including phenoxy) is 1. The van der Waals surface area contributed by atoms with Crippen molar-refractivity contribution in [3.8, 4) is 12.1 Å². The van der Waals surface area contributed by atoms with Crippen molar-refractivity contribution in [3.63, 3.8) is 0 Å². The minimum absolute atomic E-state index is 0.256. The molecule has 12 rings (SSSR count). The number of nitriles is 2. The van der Waals surface area contributed by atoms with Crippen LogP contribution in [0.25, 0.3) is 21.8 Å². The standard InChI is InChI=1S/C27H30N6.C18H21N5.C13H17BrN2O2/c1-19-16-32(25-9-8-20(13-28)27-24(25)7-4-10-30-27)18-22-17-31(11-12-33(19)22)26-15-29-14-21-5-2-3-6-23(21)26;1-13-11-22(12-15-10-20-7-8-23(13)15)17-5-4-14(9-19)18-16(17)3-2-6-21-18;1-13(2,3)18-12(17)16-5-4-10-9(8-16)6-15-7-11(10)14/h4,7-10,14-15,19,22H,2-3,5-6,11-12,16-18H2,1H3;2-6,13,15,20H,7-8,10-12H2,1H3;6-7H,4-5,8H2,1-3H3/t19-,22-;13-,15-;/m11./s1. The highest BCUT2D eigenvalue weighted by Crippen LogP contribution is 2.36. The number of nitrogens with one attached hydrogen (secondary N) is 1. The second kappa shape index (κ2) is 22.2. The molecule has 74 heavy (non-hydrogen) atoms. The van der Waals surface area contributed by atoms with Gasteiger partial charge in [-0.2, -0.15) is 10.5 Å². The van der Waals surface area contributed by atoms with Crippen LogP contribution in [0.15, 0.2) is 90.2 Å². The minimum Gasteiger partial charge on any atom is -0.444 e. The van der Waals surface area contributed by atoms with Crippen LogP contribution in [0, 0.1) is 22.7 Å². The number of carbonyl (C=O) groups is 1. The minimum atomic E-state index is -0.452. The third kappa shape index (κ3) is 10.9. The molecule has 16 heteroatoms. The Bertz CT molecular complexity index is 3090. The maximum Gasteiger partial charge on any atom is 0.410 e. The van der Waals surface area contributed by atoms with Gasteiger partial charge in [0.05, 0.1) is 40.6 Å². The molecule has 4 saturated heterocycles. The monoisotopic (exact) mass is 1060 g/mol. The maximum absolute atomic E-state index is 12.0. The maximum atomic E-state index is 12.0. The first kappa shape index (κ1) is 51.1. The van der Waals surface area contributed by atoms with Gasteiger partial charge in [-0.25, -0.2) is 4.79 Å². The second-order valence-corrected chi connectivity index (χ2v) is 22.5. The number of fused-ring (bicyclic) bond motifs is 6. The van der Waals surface area contributed by atoms with Gasteiger partial charge in [-0.3, -0.25) is 29.7 Å². The van der Waals surface area contributed by atoms with Crippen molar-refractivity contribution in [1.82, 2.24) is 40.0 Å². The average molecular weight is 1060 g/mol. The zero-order valence-electron chi connectivity index (χ0n) is 43.5. The Kier molecular flexibility index (Phi) is 15.3. The number of rotatable bonds is 3. The molecule has 1 aliphatic carbocycles. The van der Waals surface area contributed by atoms with Crippen LogP contribution in [-0.4, -0.2) is 142 Å². The number of benzene rings is 2. The third-order valence-electron chi connectivity index (χ3n) is 15.6. The van der Waals surface area contributed by atoms with Gasteiger partial charge in [0.2, 0.25) is 0 Å². The Hall–Kier alpha value is -6.43. The predicted molar refractivity (Wildman–Crippen MR) is 296 cm³/mol. The zero-order valence-corrected chi connectivity index (χ0v) is 45.1. The lowest BCUT2D eigenvalue weighted by atomic mass is 9.91. The molecule has 4 fully saturated rings. The first-order chi connectivity index (χ1) is 35.9. The number of carbonyl (C=O) groups excluding carboxylic acids is 1. The molecule has 6 aromatic rings. The van der Waals surface area contributed by atoms with Gasteiger partial charge in [0.1, 0.15) is 17.7 Å². The Morgan fingerprint density at radius 3 is 1.95 bits per heavy atom. The van der Waals surface area contributed by atoms with E-state index in [0.29, 0.717) is 48.4 Å². The molecule has 6 aliphatic rings. The highest BCUT2D eigenvalue weighted by molar-refractivity contribution is 9.10. The summed E-state index contributed by atoms with van der Waals surface area (Å²) in [4.78, 5) is 44.3. The fraction of sp³-hybridized carbons (Fsp3) is 0.466. The van der Waals surface area contributed by atoms with Gasteiger partial charge < -0.3 is 29.7 Å². The van der Waals surface area contributed by atoms with Crippen molar-refractivity contribution in [3.05, 3.63) is 124 Å². The van der Waals surface area contributed by atoms with Gasteiger partial charge >= 0.3 is 6.09 Å². The van der Waals surface area contributed by atoms with Crippen molar-refractivity contribution < 1.29 is 9.53 Å². The van der Waals surface area contributed by atoms with Crippen LogP contribution in [0.2, 0.25) is 0 Å². The number of nitrogens with zero attached hydrogens (tertiary/aromatic N) is 12. The molecule has 2 aromatic carbocycles. The van der Waals surface area contributed by atoms with E-state index in [2.05, 4.69) is 128 Å². The average Bonchev–Trinajstić information content (AvgIpc) is 3.42. The Morgan fingerprint density at radius 1 is 0.676 bits per heavy atom. The van der Waals surface area contributed by atoms with Crippen molar-refractivity contribution >= 4 is 60.9 Å². The molecular weight excluding hydrogens is 991 g/mol. The van der Waals surface area contributed by atoms with E-state index in [0.717, 1.165) is 104 Å². The topological polar surface area (TPSA) is 157 Å². The molecule has 1 N–H and O–H groups in total. The van der Waals surface area contributed by atoms with E-state index in [1.54, 1.807) is 23.5 Å². The lowest BCUT2D eigenvalue weighted by Gasteiger charge is -2.52. The second-order valence-electron chi connectivity index (χ2n) is 21.6. The summed E-state index contributed by atoms with van der Waals surface area (Å²) in [5.74, 6) is 0. The number of halogens is 1. The molecule has 0 saturated carbocycles. The number of aromatic nitrogens is 4. The van der Waals surface area contributed by atoms with Crippen LogP contribution in [-0.2, 0) is 30.5 Å². The van der Waals surface area contributed by atoms with E-state index in [1.807, 2.05) is 51.2 Å². The molecule has 0 bridgehead atoms. The van der Waals surface area contributed by atoms with Crippen LogP contribution in [0.3, 0.4) is 0 Å². The van der Waals surface area contributed by atoms with E-state index in [9.17, 15) is 15.3 Å². The highest BCUT2D eigenvalue weighted by atomic mass is 79.9. The molecule has 0 radical (unpaired) electrons. The number of piperazine rings is 4. The summed E-state index contributed by atoms with van der Waals surface area (Å²) in [6.45, 7) is 22.0. The molecule has 384 valence electrons. The third-order valence-corrected chi connectivity index (χ3v) is 16.3. The summed E-state index contributed by atoms with van der Waals surface area (Å²) < 4.78 is 6.39. The fourth-order valence-electron chi connectivity index (χ4n) is 12.1. The van der Waals surface area contributed by atoms with Crippen molar-refractivity contribution in [2.24, 2.45) is 0 Å². The summed E-state index contributed by atoms with van der Waals surface area (Å²) in [5.41, 5.74) is 11.5. The number of amides is 1. The van der Waals surface area contributed by atoms with Gasteiger partial charge in [-0.1, -0.05) is 0 Å². The molecular formula is C58H68BrN13O2. The quantitative estimate of drug-likeness (QED) is 0.180. The Labute approximate surface area is 444 Å². The van der Waals surface area contributed by atoms with E-state index in [1.165, 1.54) is 59.4 Å². The van der Waals surface area contributed by atoms with Crippen LogP contribution in [0.1, 0.15) is 80.8 Å². The van der Waals surface area contributed by atoms with Crippen molar-refractivity contribution in [2.45, 2.75) is 103 Å². The summed E-state index contributed by atoms with van der Waals surface area (Å²) in [5, 5.41) is 24.5. The molecule has 4 atom stereocenters. The highest BCUT2D eigenvalue weighted by Gasteiger charge is 2.38. The number of aryl methyl sites for hydroxylation is 1. The van der Waals surface area contributed by atoms with E-state index in [4.69, 9.17) is 4.74 Å². The van der Waals surface area contributed by atoms with Crippen LogP contribution >= 0.6 is 15.9 Å². The van der Waals surface area contributed by atoms with Crippen LogP contribution < -0.4 is 20.0 Å². The molecule has 9 heterocycles. The summed E-state index contributed by atoms with van der Waals surface area (Å²) >= 11 is 3.49. The zero-order chi connectivity index (χ0) is 51.5. The van der Waals surface area contributed by atoms with Crippen LogP contribution in [0.5, 0.6) is 0 Å². The summed E-state index contributed by atoms with van der Waals surface area (Å²) in [6, 6.07) is 22.7. The van der Waals surface area contributed by atoms with Crippen molar-refractivity contribution in [2.75, 3.05) is 86.7 Å². The number of anilines is 3. The van der Waals surface area contributed by atoms with E-state index < -0.39 is 5.60 Å². The van der Waals surface area contributed by atoms with Gasteiger partial charge in [0, 0.05) is 154 Å². The van der Waals surface area contributed by atoms with E-state index in [-0.39, 0.29) is 6.09 Å². The largest absolute Gasteiger partial charge is 0.444 e. The fourth-order valence-corrected chi connectivity index (χ4v) is 12.7. The van der Waals surface area contributed by atoms with E-state index >= 15 is 0 Å². The van der Waals surface area contributed by atoms with Crippen molar-refractivity contribution in [1.29, 1.82) is 10.5 Å². The van der Waals surface area contributed by atoms with Gasteiger partial charge in [0.15, 0.2) is 0 Å². The first-order valence-electron chi connectivity index (χ1n) is 26.4. The lowest BCUT2D eigenvalue weighted by molar-refractivity contribution is 0.0223. The molecule has 5 aliphatic heterocycles. The Morgan fingerprint density at radius 2 is 1.28 bits per heavy atom. The smallest absolute Gasteiger partial charge is 0.410 e. The number of pyridine rings is 4. The lowest BCUT2D eigenvalue weighted by Crippen LogP contribution is -2.65. The molecule has 15 nitrogen and oxygen atoms in total. The first-order valence-corrected chi connectivity index (χ1v) is 27.2. The molecule has 0 spiro atoms. The Balaban J connectivity index is 0.000000134. The van der Waals surface area contributed by atoms with Gasteiger partial charge in [-0.15, -0.1) is 0 Å². The molecule has 0 unspecified atom stereocenters. The molecule has 1 amide bonds. The van der Waals surface area contributed by atoms with Gasteiger partial charge in [-0.05, 0) is 153 Å². The predicted octanol–water partition coefficient (Wildman–Crippen LogP) is 8.51.